The number of Topliss-reactive ketones (excluding diaryl/α,β-unsaturated/α-hetero) is 1. The average molecular weight is 220 g/mol. The Morgan fingerprint density at radius 2 is 2.07 bits per heavy atom. The second-order valence-corrected chi connectivity index (χ2v) is 5.64. The first kappa shape index (κ1) is 10.7. The first-order valence-electron chi connectivity index (χ1n) is 5.41. The molecule has 1 atom stereocenters. The fraction of sp³-hybridized carbons (Fsp3) is 0.462. The van der Waals surface area contributed by atoms with Crippen molar-refractivity contribution in [3.8, 4) is 0 Å². The fourth-order valence-corrected chi connectivity index (χ4v) is 3.14. The lowest BCUT2D eigenvalue weighted by atomic mass is 10.1. The van der Waals surface area contributed by atoms with Crippen molar-refractivity contribution in [2.24, 2.45) is 0 Å². The number of benzene rings is 1. The number of carbonyl (C=O) groups excluding carboxylic acids is 1. The molecule has 0 N–H and O–H groups in total. The molecule has 0 amide bonds. The predicted octanol–water partition coefficient (Wildman–Crippen LogP) is 3.52. The van der Waals surface area contributed by atoms with Crippen LogP contribution in [0.15, 0.2) is 23.1 Å². The second-order valence-electron chi connectivity index (χ2n) is 4.27. The molecule has 80 valence electrons. The van der Waals surface area contributed by atoms with Gasteiger partial charge in [0.2, 0.25) is 0 Å². The molecule has 1 unspecified atom stereocenters. The molecular formula is C13H16OS. The topological polar surface area (TPSA) is 17.1 Å². The van der Waals surface area contributed by atoms with Crippen molar-refractivity contribution in [1.29, 1.82) is 0 Å². The fourth-order valence-electron chi connectivity index (χ4n) is 1.86. The van der Waals surface area contributed by atoms with E-state index >= 15 is 0 Å². The van der Waals surface area contributed by atoms with Gasteiger partial charge in [0.25, 0.3) is 0 Å². The number of thioether (sulfide) groups is 1. The SMILES string of the molecule is Cc1ccc(SC2CCC(=O)C2)cc1C. The molecule has 0 radical (unpaired) electrons. The van der Waals surface area contributed by atoms with Crippen molar-refractivity contribution in [2.45, 2.75) is 43.3 Å². The summed E-state index contributed by atoms with van der Waals surface area (Å²) in [7, 11) is 0. The summed E-state index contributed by atoms with van der Waals surface area (Å²) < 4.78 is 0. The molecule has 0 saturated heterocycles. The van der Waals surface area contributed by atoms with Gasteiger partial charge >= 0.3 is 0 Å². The lowest BCUT2D eigenvalue weighted by molar-refractivity contribution is -0.117. The number of aryl methyl sites for hydroxylation is 2. The van der Waals surface area contributed by atoms with Crippen molar-refractivity contribution in [1.82, 2.24) is 0 Å². The van der Waals surface area contributed by atoms with Gasteiger partial charge in [-0.05, 0) is 43.5 Å². The van der Waals surface area contributed by atoms with Crippen LogP contribution in [0, 0.1) is 13.8 Å². The van der Waals surface area contributed by atoms with Gasteiger partial charge in [-0.2, -0.15) is 0 Å². The third-order valence-corrected chi connectivity index (χ3v) is 4.24. The Balaban J connectivity index is 2.05. The highest BCUT2D eigenvalue weighted by Crippen LogP contribution is 2.33. The van der Waals surface area contributed by atoms with E-state index in [-0.39, 0.29) is 0 Å². The Morgan fingerprint density at radius 1 is 1.27 bits per heavy atom. The smallest absolute Gasteiger partial charge is 0.134 e. The Hall–Kier alpha value is -0.760. The van der Waals surface area contributed by atoms with E-state index in [2.05, 4.69) is 32.0 Å². The molecule has 2 heteroatoms. The standard InChI is InChI=1S/C13H16OS/c1-9-3-5-12(7-10(9)2)15-13-6-4-11(14)8-13/h3,5,7,13H,4,6,8H2,1-2H3. The second kappa shape index (κ2) is 4.40. The van der Waals surface area contributed by atoms with Crippen LogP contribution >= 0.6 is 11.8 Å². The Labute approximate surface area is 95.3 Å². The number of carbonyl (C=O) groups is 1. The van der Waals surface area contributed by atoms with Crippen LogP contribution < -0.4 is 0 Å². The molecule has 0 aliphatic heterocycles. The predicted molar refractivity (Wildman–Crippen MR) is 64.4 cm³/mol. The lowest BCUT2D eigenvalue weighted by Crippen LogP contribution is -1.96. The minimum atomic E-state index is 0.427. The van der Waals surface area contributed by atoms with E-state index in [1.807, 2.05) is 11.8 Å². The highest BCUT2D eigenvalue weighted by atomic mass is 32.2. The summed E-state index contributed by atoms with van der Waals surface area (Å²) in [6.45, 7) is 4.27. The zero-order chi connectivity index (χ0) is 10.8. The average Bonchev–Trinajstić information content (AvgIpc) is 2.58. The third-order valence-electron chi connectivity index (χ3n) is 2.98. The van der Waals surface area contributed by atoms with Crippen molar-refractivity contribution < 1.29 is 4.79 Å². The quantitative estimate of drug-likeness (QED) is 0.758. The van der Waals surface area contributed by atoms with Gasteiger partial charge in [-0.15, -0.1) is 11.8 Å². The van der Waals surface area contributed by atoms with Crippen LogP contribution in [0.3, 0.4) is 0 Å². The first-order valence-corrected chi connectivity index (χ1v) is 6.29. The zero-order valence-electron chi connectivity index (χ0n) is 9.25. The minimum absolute atomic E-state index is 0.427. The van der Waals surface area contributed by atoms with E-state index in [1.54, 1.807) is 0 Å². The maximum atomic E-state index is 11.2. The van der Waals surface area contributed by atoms with E-state index in [9.17, 15) is 4.79 Å². The molecule has 1 aliphatic carbocycles. The largest absolute Gasteiger partial charge is 0.300 e. The molecule has 1 saturated carbocycles. The Morgan fingerprint density at radius 3 is 2.67 bits per heavy atom. The van der Waals surface area contributed by atoms with Crippen LogP contribution in [0.4, 0.5) is 0 Å². The van der Waals surface area contributed by atoms with Crippen LogP contribution in [-0.4, -0.2) is 11.0 Å². The van der Waals surface area contributed by atoms with Gasteiger partial charge in [0.15, 0.2) is 0 Å². The maximum Gasteiger partial charge on any atom is 0.134 e. The van der Waals surface area contributed by atoms with Crippen molar-refractivity contribution in [2.75, 3.05) is 0 Å². The Kier molecular flexibility index (Phi) is 3.15. The molecule has 0 heterocycles. The summed E-state index contributed by atoms with van der Waals surface area (Å²) in [5, 5.41) is 0.514. The van der Waals surface area contributed by atoms with E-state index in [4.69, 9.17) is 0 Å². The van der Waals surface area contributed by atoms with E-state index in [0.717, 1.165) is 19.3 Å². The monoisotopic (exact) mass is 220 g/mol. The zero-order valence-corrected chi connectivity index (χ0v) is 10.1. The molecule has 2 rings (SSSR count). The molecule has 1 fully saturated rings. The van der Waals surface area contributed by atoms with Crippen LogP contribution in [0.1, 0.15) is 30.4 Å². The van der Waals surface area contributed by atoms with Crippen LogP contribution in [0.2, 0.25) is 0 Å². The number of hydrogen-bond acceptors (Lipinski definition) is 2. The summed E-state index contributed by atoms with van der Waals surface area (Å²) >= 11 is 1.86. The van der Waals surface area contributed by atoms with Gasteiger partial charge in [0.05, 0.1) is 0 Å². The highest BCUT2D eigenvalue weighted by Gasteiger charge is 2.22. The van der Waals surface area contributed by atoms with Gasteiger partial charge in [0, 0.05) is 23.0 Å². The molecule has 15 heavy (non-hydrogen) atoms. The van der Waals surface area contributed by atoms with Gasteiger partial charge in [0.1, 0.15) is 5.78 Å². The highest BCUT2D eigenvalue weighted by molar-refractivity contribution is 8.00. The summed E-state index contributed by atoms with van der Waals surface area (Å²) in [6.07, 6.45) is 2.59. The van der Waals surface area contributed by atoms with Crippen molar-refractivity contribution in [3.05, 3.63) is 29.3 Å². The van der Waals surface area contributed by atoms with E-state index in [1.165, 1.54) is 16.0 Å². The molecule has 0 spiro atoms. The minimum Gasteiger partial charge on any atom is -0.300 e. The normalized spacial score (nSPS) is 20.9. The van der Waals surface area contributed by atoms with Gasteiger partial charge in [-0.3, -0.25) is 4.79 Å². The summed E-state index contributed by atoms with van der Waals surface area (Å²) in [4.78, 5) is 12.5. The number of rotatable bonds is 2. The van der Waals surface area contributed by atoms with Crippen molar-refractivity contribution >= 4 is 17.5 Å². The summed E-state index contributed by atoms with van der Waals surface area (Å²) in [5.74, 6) is 0.427. The molecule has 0 aromatic heterocycles. The van der Waals surface area contributed by atoms with Gasteiger partial charge in [-0.25, -0.2) is 0 Å². The molecule has 1 aromatic rings. The number of ketones is 1. The molecule has 1 nitrogen and oxygen atoms in total. The van der Waals surface area contributed by atoms with Crippen LogP contribution in [0.5, 0.6) is 0 Å². The third kappa shape index (κ3) is 2.63. The Bertz CT molecular complexity index is 384. The molecular weight excluding hydrogens is 204 g/mol. The molecule has 1 aromatic carbocycles. The van der Waals surface area contributed by atoms with Crippen molar-refractivity contribution in [3.63, 3.8) is 0 Å². The first-order chi connectivity index (χ1) is 7.15. The van der Waals surface area contributed by atoms with Gasteiger partial charge < -0.3 is 0 Å². The molecule has 0 bridgehead atoms. The van der Waals surface area contributed by atoms with Gasteiger partial charge in [-0.1, -0.05) is 6.07 Å². The lowest BCUT2D eigenvalue weighted by Gasteiger charge is -2.09. The maximum absolute atomic E-state index is 11.2. The van der Waals surface area contributed by atoms with E-state index in [0.29, 0.717) is 11.0 Å². The summed E-state index contributed by atoms with van der Waals surface area (Å²) in [6, 6.07) is 6.55. The van der Waals surface area contributed by atoms with E-state index < -0.39 is 0 Å². The van der Waals surface area contributed by atoms with Crippen LogP contribution in [-0.2, 0) is 4.79 Å². The summed E-state index contributed by atoms with van der Waals surface area (Å²) in [5.41, 5.74) is 2.67. The van der Waals surface area contributed by atoms with Crippen LogP contribution in [0.25, 0.3) is 0 Å². The molecule has 1 aliphatic rings. The number of hydrogen-bond donors (Lipinski definition) is 0.